The Morgan fingerprint density at radius 1 is 0.944 bits per heavy atom. The number of fused-ring (bicyclic) bond motifs is 2. The molecule has 0 radical (unpaired) electrons. The number of anilines is 1. The molecule has 1 aromatic carbocycles. The summed E-state index contributed by atoms with van der Waals surface area (Å²) in [5.74, 6) is -4.45. The first-order valence-corrected chi connectivity index (χ1v) is 6.15. The fourth-order valence-corrected chi connectivity index (χ4v) is 3.31. The summed E-state index contributed by atoms with van der Waals surface area (Å²) in [7, 11) is 0. The van der Waals surface area contributed by atoms with E-state index in [2.05, 4.69) is 5.32 Å². The summed E-state index contributed by atoms with van der Waals surface area (Å²) in [5.41, 5.74) is -0.662. The molecule has 2 saturated carbocycles. The maximum absolute atomic E-state index is 13.5. The average Bonchev–Trinajstić information content (AvgIpc) is 2.94. The van der Waals surface area contributed by atoms with Crippen LogP contribution in [0.2, 0.25) is 0 Å². The normalized spacial score (nSPS) is 29.9. The Balaban J connectivity index is 1.88. The molecule has 3 rings (SSSR count). The highest BCUT2D eigenvalue weighted by molar-refractivity contribution is 5.48. The summed E-state index contributed by atoms with van der Waals surface area (Å²) in [6.07, 6.45) is 4.02. The Labute approximate surface area is 102 Å². The number of nitrogens with one attached hydrogen (secondary N) is 1. The van der Waals surface area contributed by atoms with Gasteiger partial charge in [-0.25, -0.2) is 17.6 Å². The highest BCUT2D eigenvalue weighted by Crippen LogP contribution is 2.46. The zero-order valence-corrected chi connectivity index (χ0v) is 9.65. The standard InChI is InChI=1S/C13H13F4N/c14-8-5-9(15)12(17)13(11(8)16)18-10-4-6-1-2-7(10)3-6/h5-7,10,18H,1-4H2. The molecule has 18 heavy (non-hydrogen) atoms. The van der Waals surface area contributed by atoms with Gasteiger partial charge in [-0.2, -0.15) is 0 Å². The Hall–Kier alpha value is -1.26. The molecule has 1 N–H and O–H groups in total. The maximum Gasteiger partial charge on any atom is 0.185 e. The van der Waals surface area contributed by atoms with Gasteiger partial charge in [0.15, 0.2) is 23.3 Å². The van der Waals surface area contributed by atoms with Gasteiger partial charge in [-0.3, -0.25) is 0 Å². The van der Waals surface area contributed by atoms with E-state index < -0.39 is 29.0 Å². The first-order valence-electron chi connectivity index (χ1n) is 6.15. The SMILES string of the molecule is Fc1cc(F)c(F)c(NC2CC3CCC2C3)c1F. The fraction of sp³-hybridized carbons (Fsp3) is 0.538. The van der Waals surface area contributed by atoms with Crippen LogP contribution >= 0.6 is 0 Å². The molecular weight excluding hydrogens is 246 g/mol. The lowest BCUT2D eigenvalue weighted by Gasteiger charge is -2.24. The molecule has 1 aromatic rings. The molecular formula is C13H13F4N. The molecule has 2 aliphatic rings. The molecule has 0 aliphatic heterocycles. The van der Waals surface area contributed by atoms with E-state index in [9.17, 15) is 17.6 Å². The van der Waals surface area contributed by atoms with Gasteiger partial charge in [0.25, 0.3) is 0 Å². The number of hydrogen-bond donors (Lipinski definition) is 1. The van der Waals surface area contributed by atoms with Crippen molar-refractivity contribution in [3.63, 3.8) is 0 Å². The van der Waals surface area contributed by atoms with E-state index in [4.69, 9.17) is 0 Å². The number of rotatable bonds is 2. The largest absolute Gasteiger partial charge is 0.377 e. The zero-order chi connectivity index (χ0) is 12.9. The first kappa shape index (κ1) is 11.8. The minimum Gasteiger partial charge on any atom is -0.377 e. The van der Waals surface area contributed by atoms with Crippen LogP contribution in [0.4, 0.5) is 23.2 Å². The van der Waals surface area contributed by atoms with Crippen LogP contribution in [0.1, 0.15) is 25.7 Å². The Morgan fingerprint density at radius 3 is 2.11 bits per heavy atom. The summed E-state index contributed by atoms with van der Waals surface area (Å²) in [5, 5.41) is 2.66. The summed E-state index contributed by atoms with van der Waals surface area (Å²) < 4.78 is 53.1. The van der Waals surface area contributed by atoms with Crippen LogP contribution in [0.15, 0.2) is 6.07 Å². The molecule has 98 valence electrons. The van der Waals surface area contributed by atoms with Gasteiger partial charge in [-0.1, -0.05) is 6.42 Å². The summed E-state index contributed by atoms with van der Waals surface area (Å²) >= 11 is 0. The van der Waals surface area contributed by atoms with Gasteiger partial charge in [0.1, 0.15) is 5.69 Å². The molecule has 2 fully saturated rings. The third-order valence-corrected chi connectivity index (χ3v) is 4.18. The van der Waals surface area contributed by atoms with Gasteiger partial charge in [0, 0.05) is 12.1 Å². The van der Waals surface area contributed by atoms with Crippen LogP contribution < -0.4 is 5.32 Å². The van der Waals surface area contributed by atoms with Crippen molar-refractivity contribution >= 4 is 5.69 Å². The second-order valence-electron chi connectivity index (χ2n) is 5.27. The Kier molecular flexibility index (Phi) is 2.72. The van der Waals surface area contributed by atoms with Crippen molar-refractivity contribution in [3.05, 3.63) is 29.3 Å². The van der Waals surface area contributed by atoms with E-state index in [1.807, 2.05) is 0 Å². The molecule has 0 spiro atoms. The van der Waals surface area contributed by atoms with Gasteiger partial charge in [0.05, 0.1) is 0 Å². The van der Waals surface area contributed by atoms with Gasteiger partial charge < -0.3 is 5.32 Å². The van der Waals surface area contributed by atoms with E-state index in [1.54, 1.807) is 0 Å². The van der Waals surface area contributed by atoms with Crippen molar-refractivity contribution in [1.82, 2.24) is 0 Å². The van der Waals surface area contributed by atoms with Crippen molar-refractivity contribution < 1.29 is 17.6 Å². The second kappa shape index (κ2) is 4.14. The first-order chi connectivity index (χ1) is 8.56. The fourth-order valence-electron chi connectivity index (χ4n) is 3.31. The van der Waals surface area contributed by atoms with Crippen molar-refractivity contribution in [2.45, 2.75) is 31.7 Å². The molecule has 1 nitrogen and oxygen atoms in total. The van der Waals surface area contributed by atoms with E-state index in [0.717, 1.165) is 25.7 Å². The second-order valence-corrected chi connectivity index (χ2v) is 5.27. The van der Waals surface area contributed by atoms with Crippen molar-refractivity contribution in [3.8, 4) is 0 Å². The number of halogens is 4. The van der Waals surface area contributed by atoms with Crippen LogP contribution in [-0.2, 0) is 0 Å². The topological polar surface area (TPSA) is 12.0 Å². The van der Waals surface area contributed by atoms with E-state index in [0.29, 0.717) is 11.8 Å². The third kappa shape index (κ3) is 1.76. The van der Waals surface area contributed by atoms with Crippen LogP contribution in [-0.4, -0.2) is 6.04 Å². The molecule has 2 aliphatic carbocycles. The van der Waals surface area contributed by atoms with Crippen LogP contribution in [0, 0.1) is 35.1 Å². The van der Waals surface area contributed by atoms with Crippen molar-refractivity contribution in [1.29, 1.82) is 0 Å². The van der Waals surface area contributed by atoms with Crippen molar-refractivity contribution in [2.24, 2.45) is 11.8 Å². The summed E-state index contributed by atoms with van der Waals surface area (Å²) in [6, 6.07) is 0.158. The molecule has 0 amide bonds. The minimum absolute atomic E-state index is 0.0750. The highest BCUT2D eigenvalue weighted by atomic mass is 19.2. The van der Waals surface area contributed by atoms with Gasteiger partial charge in [0.2, 0.25) is 0 Å². The summed E-state index contributed by atoms with van der Waals surface area (Å²) in [6.45, 7) is 0. The molecule has 0 heterocycles. The predicted molar refractivity (Wildman–Crippen MR) is 59.1 cm³/mol. The van der Waals surface area contributed by atoms with E-state index in [-0.39, 0.29) is 12.1 Å². The average molecular weight is 259 g/mol. The molecule has 0 aromatic heterocycles. The molecule has 3 atom stereocenters. The lowest BCUT2D eigenvalue weighted by atomic mass is 9.95. The van der Waals surface area contributed by atoms with E-state index >= 15 is 0 Å². The van der Waals surface area contributed by atoms with Crippen LogP contribution in [0.25, 0.3) is 0 Å². The maximum atomic E-state index is 13.5. The van der Waals surface area contributed by atoms with Gasteiger partial charge in [-0.05, 0) is 31.1 Å². The van der Waals surface area contributed by atoms with E-state index in [1.165, 1.54) is 0 Å². The minimum atomic E-state index is -1.36. The van der Waals surface area contributed by atoms with Crippen LogP contribution in [0.5, 0.6) is 0 Å². The highest BCUT2D eigenvalue weighted by Gasteiger charge is 2.40. The Morgan fingerprint density at radius 2 is 1.61 bits per heavy atom. The molecule has 5 heteroatoms. The van der Waals surface area contributed by atoms with Crippen molar-refractivity contribution in [2.75, 3.05) is 5.32 Å². The third-order valence-electron chi connectivity index (χ3n) is 4.18. The Bertz CT molecular complexity index is 462. The summed E-state index contributed by atoms with van der Waals surface area (Å²) in [4.78, 5) is 0. The molecule has 3 unspecified atom stereocenters. The monoisotopic (exact) mass is 259 g/mol. The molecule has 2 bridgehead atoms. The van der Waals surface area contributed by atoms with Gasteiger partial charge in [-0.15, -0.1) is 0 Å². The number of hydrogen-bond acceptors (Lipinski definition) is 1. The zero-order valence-electron chi connectivity index (χ0n) is 9.65. The van der Waals surface area contributed by atoms with Gasteiger partial charge >= 0.3 is 0 Å². The quantitative estimate of drug-likeness (QED) is 0.628. The lowest BCUT2D eigenvalue weighted by molar-refractivity contribution is 0.424. The molecule has 0 saturated heterocycles. The predicted octanol–water partition coefficient (Wildman–Crippen LogP) is 3.84. The van der Waals surface area contributed by atoms with Crippen LogP contribution in [0.3, 0.4) is 0 Å². The number of benzene rings is 1. The lowest BCUT2D eigenvalue weighted by Crippen LogP contribution is -2.27. The smallest absolute Gasteiger partial charge is 0.185 e.